The molecule has 8 heteroatoms. The van der Waals surface area contributed by atoms with E-state index < -0.39 is 6.09 Å². The van der Waals surface area contributed by atoms with Crippen LogP contribution in [0.2, 0.25) is 0 Å². The zero-order chi connectivity index (χ0) is 19.8. The topological polar surface area (TPSA) is 79.8 Å². The fourth-order valence-electron chi connectivity index (χ4n) is 3.03. The molecule has 1 aromatic carbocycles. The number of amides is 1. The van der Waals surface area contributed by atoms with Crippen molar-refractivity contribution >= 4 is 17.6 Å². The Morgan fingerprint density at radius 1 is 1.11 bits per heavy atom. The number of benzene rings is 1. The van der Waals surface area contributed by atoms with Crippen molar-refractivity contribution in [3.8, 4) is 5.75 Å². The lowest BCUT2D eigenvalue weighted by molar-refractivity contribution is 0.137. The van der Waals surface area contributed by atoms with Crippen molar-refractivity contribution in [3.05, 3.63) is 42.1 Å². The maximum Gasteiger partial charge on any atom is 0.411 e. The molecule has 0 aliphatic carbocycles. The van der Waals surface area contributed by atoms with Crippen LogP contribution in [0.3, 0.4) is 0 Å². The van der Waals surface area contributed by atoms with Crippen molar-refractivity contribution in [2.24, 2.45) is 0 Å². The lowest BCUT2D eigenvalue weighted by atomic mass is 10.3. The Balaban J connectivity index is 1.38. The number of carbonyl (C=O) groups excluding carboxylic acids is 1. The minimum Gasteiger partial charge on any atom is -0.492 e. The Bertz CT molecular complexity index is 761. The fourth-order valence-corrected chi connectivity index (χ4v) is 3.03. The Morgan fingerprint density at radius 2 is 1.89 bits per heavy atom. The van der Waals surface area contributed by atoms with E-state index in [0.717, 1.165) is 37.7 Å². The predicted octanol–water partition coefficient (Wildman–Crippen LogP) is 2.55. The second kappa shape index (κ2) is 9.89. The normalized spacial score (nSPS) is 14.6. The van der Waals surface area contributed by atoms with Gasteiger partial charge in [0.2, 0.25) is 0 Å². The van der Waals surface area contributed by atoms with Crippen molar-refractivity contribution in [2.75, 3.05) is 56.2 Å². The van der Waals surface area contributed by atoms with E-state index in [-0.39, 0.29) is 0 Å². The largest absolute Gasteiger partial charge is 0.492 e. The monoisotopic (exact) mass is 385 g/mol. The van der Waals surface area contributed by atoms with Gasteiger partial charge in [-0.3, -0.25) is 10.2 Å². The van der Waals surface area contributed by atoms with Gasteiger partial charge >= 0.3 is 6.09 Å². The molecule has 150 valence electrons. The Labute approximate surface area is 165 Å². The molecule has 1 aliphatic heterocycles. The number of nitrogens with zero attached hydrogens (tertiary/aromatic N) is 4. The van der Waals surface area contributed by atoms with Crippen LogP contribution < -0.4 is 15.0 Å². The minimum atomic E-state index is -0.472. The molecule has 0 atom stereocenters. The average molecular weight is 385 g/mol. The average Bonchev–Trinajstić information content (AvgIpc) is 2.71. The Hall–Kier alpha value is -2.87. The summed E-state index contributed by atoms with van der Waals surface area (Å²) in [5.41, 5.74) is 1.53. The molecule has 0 bridgehead atoms. The standard InChI is InChI=1S/C20H27N5O3/c1-3-27-18-7-5-4-6-17(18)21-20(26)28-15-14-24-10-12-25(13-11-24)19-9-8-16(2)22-23-19/h4-9H,3,10-15H2,1-2H3,(H,21,26). The first-order valence-corrected chi connectivity index (χ1v) is 9.59. The summed E-state index contributed by atoms with van der Waals surface area (Å²) >= 11 is 0. The fraction of sp³-hybridized carbons (Fsp3) is 0.450. The summed E-state index contributed by atoms with van der Waals surface area (Å²) in [5.74, 6) is 1.55. The molecule has 1 saturated heterocycles. The number of aryl methyl sites for hydroxylation is 1. The highest BCUT2D eigenvalue weighted by Gasteiger charge is 2.18. The molecular weight excluding hydrogens is 358 g/mol. The number of anilines is 2. The zero-order valence-corrected chi connectivity index (χ0v) is 16.4. The quantitative estimate of drug-likeness (QED) is 0.784. The van der Waals surface area contributed by atoms with Crippen LogP contribution in [0.5, 0.6) is 5.75 Å². The van der Waals surface area contributed by atoms with E-state index in [0.29, 0.717) is 31.2 Å². The van der Waals surface area contributed by atoms with Gasteiger partial charge < -0.3 is 14.4 Å². The second-order valence-corrected chi connectivity index (χ2v) is 6.55. The third-order valence-electron chi connectivity index (χ3n) is 4.54. The molecule has 1 fully saturated rings. The summed E-state index contributed by atoms with van der Waals surface area (Å²) < 4.78 is 10.8. The highest BCUT2D eigenvalue weighted by atomic mass is 16.5. The highest BCUT2D eigenvalue weighted by molar-refractivity contribution is 5.86. The summed E-state index contributed by atoms with van der Waals surface area (Å²) in [6.45, 7) is 8.97. The molecule has 28 heavy (non-hydrogen) atoms. The van der Waals surface area contributed by atoms with Crippen molar-refractivity contribution in [3.63, 3.8) is 0 Å². The van der Waals surface area contributed by atoms with Gasteiger partial charge in [0.15, 0.2) is 5.82 Å². The maximum absolute atomic E-state index is 12.0. The first-order valence-electron chi connectivity index (χ1n) is 9.59. The van der Waals surface area contributed by atoms with Crippen molar-refractivity contribution < 1.29 is 14.3 Å². The van der Waals surface area contributed by atoms with Gasteiger partial charge in [0.05, 0.1) is 18.0 Å². The van der Waals surface area contributed by atoms with Crippen LogP contribution in [-0.4, -0.2) is 67.1 Å². The Kier molecular flexibility index (Phi) is 7.02. The highest BCUT2D eigenvalue weighted by Crippen LogP contribution is 2.23. The van der Waals surface area contributed by atoms with Gasteiger partial charge in [-0.1, -0.05) is 12.1 Å². The molecule has 2 heterocycles. The van der Waals surface area contributed by atoms with E-state index in [9.17, 15) is 4.79 Å². The van der Waals surface area contributed by atoms with Crippen LogP contribution in [0, 0.1) is 6.92 Å². The summed E-state index contributed by atoms with van der Waals surface area (Å²) in [5, 5.41) is 11.1. The minimum absolute atomic E-state index is 0.340. The molecule has 0 spiro atoms. The molecule has 0 radical (unpaired) electrons. The zero-order valence-electron chi connectivity index (χ0n) is 16.4. The number of carbonyl (C=O) groups is 1. The summed E-state index contributed by atoms with van der Waals surface area (Å²) in [4.78, 5) is 16.5. The van der Waals surface area contributed by atoms with E-state index >= 15 is 0 Å². The van der Waals surface area contributed by atoms with E-state index in [1.165, 1.54) is 0 Å². The molecule has 1 N–H and O–H groups in total. The van der Waals surface area contributed by atoms with Crippen LogP contribution in [0.25, 0.3) is 0 Å². The lowest BCUT2D eigenvalue weighted by Gasteiger charge is -2.34. The van der Waals surface area contributed by atoms with E-state index in [2.05, 4.69) is 25.3 Å². The van der Waals surface area contributed by atoms with Crippen molar-refractivity contribution in [2.45, 2.75) is 13.8 Å². The third kappa shape index (κ3) is 5.56. The van der Waals surface area contributed by atoms with E-state index in [4.69, 9.17) is 9.47 Å². The molecule has 1 aliphatic rings. The number of rotatable bonds is 7. The second-order valence-electron chi connectivity index (χ2n) is 6.55. The van der Waals surface area contributed by atoms with Crippen LogP contribution in [0.1, 0.15) is 12.6 Å². The summed E-state index contributed by atoms with van der Waals surface area (Å²) in [7, 11) is 0. The number of aromatic nitrogens is 2. The number of piperazine rings is 1. The summed E-state index contributed by atoms with van der Waals surface area (Å²) in [6, 6.07) is 11.3. The first kappa shape index (κ1) is 19.9. The van der Waals surface area contributed by atoms with Crippen molar-refractivity contribution in [1.82, 2.24) is 15.1 Å². The van der Waals surface area contributed by atoms with Crippen LogP contribution in [0.15, 0.2) is 36.4 Å². The number of hydrogen-bond acceptors (Lipinski definition) is 7. The molecule has 3 rings (SSSR count). The predicted molar refractivity (Wildman–Crippen MR) is 108 cm³/mol. The van der Waals surface area contributed by atoms with Crippen LogP contribution in [0.4, 0.5) is 16.3 Å². The number of hydrogen-bond donors (Lipinski definition) is 1. The van der Waals surface area contributed by atoms with Gasteiger partial charge in [-0.25, -0.2) is 4.79 Å². The smallest absolute Gasteiger partial charge is 0.411 e. The van der Waals surface area contributed by atoms with E-state index in [1.54, 1.807) is 6.07 Å². The molecule has 8 nitrogen and oxygen atoms in total. The number of ether oxygens (including phenoxy) is 2. The van der Waals surface area contributed by atoms with Crippen LogP contribution in [-0.2, 0) is 4.74 Å². The van der Waals surface area contributed by atoms with Gasteiger partial charge in [-0.15, -0.1) is 5.10 Å². The maximum atomic E-state index is 12.0. The molecule has 0 saturated carbocycles. The van der Waals surface area contributed by atoms with E-state index in [1.807, 2.05) is 44.2 Å². The van der Waals surface area contributed by atoms with Gasteiger partial charge in [-0.2, -0.15) is 5.10 Å². The molecular formula is C20H27N5O3. The Morgan fingerprint density at radius 3 is 2.61 bits per heavy atom. The SMILES string of the molecule is CCOc1ccccc1NC(=O)OCCN1CCN(c2ccc(C)nn2)CC1. The molecule has 2 aromatic rings. The molecule has 0 unspecified atom stereocenters. The van der Waals surface area contributed by atoms with Gasteiger partial charge in [0.1, 0.15) is 12.4 Å². The first-order chi connectivity index (χ1) is 13.7. The number of para-hydroxylation sites is 2. The third-order valence-corrected chi connectivity index (χ3v) is 4.54. The van der Waals surface area contributed by atoms with Gasteiger partial charge in [0.25, 0.3) is 0 Å². The lowest BCUT2D eigenvalue weighted by Crippen LogP contribution is -2.47. The van der Waals surface area contributed by atoms with Crippen LogP contribution >= 0.6 is 0 Å². The van der Waals surface area contributed by atoms with Crippen molar-refractivity contribution in [1.29, 1.82) is 0 Å². The summed E-state index contributed by atoms with van der Waals surface area (Å²) in [6.07, 6.45) is -0.472. The molecule has 1 aromatic heterocycles. The van der Waals surface area contributed by atoms with Gasteiger partial charge in [-0.05, 0) is 38.1 Å². The molecule has 1 amide bonds. The van der Waals surface area contributed by atoms with Gasteiger partial charge in [0, 0.05) is 32.7 Å². The number of nitrogens with one attached hydrogen (secondary N) is 1.